The fraction of sp³-hybridized carbons (Fsp3) is 0.250. The number of hydrogen-bond donors (Lipinski definition) is 1. The number of sulfonamides is 1. The highest BCUT2D eigenvalue weighted by Crippen LogP contribution is 2.30. The van der Waals surface area contributed by atoms with Crippen LogP contribution in [0.4, 0.5) is 19.0 Å². The number of nitriles is 1. The fourth-order valence-corrected chi connectivity index (χ4v) is 1.48. The molecule has 1 aromatic rings. The molecular formula is C8H6F3N3O2S. The Labute approximate surface area is 94.9 Å². The van der Waals surface area contributed by atoms with Crippen molar-refractivity contribution in [1.82, 2.24) is 4.98 Å². The van der Waals surface area contributed by atoms with Crippen molar-refractivity contribution in [1.29, 1.82) is 5.26 Å². The van der Waals surface area contributed by atoms with Crippen molar-refractivity contribution in [3.8, 4) is 6.07 Å². The van der Waals surface area contributed by atoms with Gasteiger partial charge < -0.3 is 0 Å². The molecule has 0 spiro atoms. The molecule has 0 aliphatic heterocycles. The maximum Gasteiger partial charge on any atom is 0.417 e. The molecule has 0 aromatic carbocycles. The summed E-state index contributed by atoms with van der Waals surface area (Å²) < 4.78 is 60.4. The summed E-state index contributed by atoms with van der Waals surface area (Å²) in [6, 6.07) is 1.97. The molecule has 0 atom stereocenters. The highest BCUT2D eigenvalue weighted by Gasteiger charge is 2.31. The van der Waals surface area contributed by atoms with Crippen LogP contribution in [0.1, 0.15) is 11.1 Å². The van der Waals surface area contributed by atoms with Gasteiger partial charge in [0.2, 0.25) is 10.0 Å². The first-order valence-corrected chi connectivity index (χ1v) is 5.98. The molecule has 0 fully saturated rings. The predicted molar refractivity (Wildman–Crippen MR) is 52.4 cm³/mol. The Morgan fingerprint density at radius 2 is 2.06 bits per heavy atom. The Kier molecular flexibility index (Phi) is 3.28. The van der Waals surface area contributed by atoms with Crippen molar-refractivity contribution >= 4 is 15.8 Å². The summed E-state index contributed by atoms with van der Waals surface area (Å²) in [6.07, 6.45) is -3.38. The van der Waals surface area contributed by atoms with Crippen LogP contribution in [0.15, 0.2) is 12.3 Å². The van der Waals surface area contributed by atoms with Gasteiger partial charge in [0.1, 0.15) is 6.07 Å². The molecule has 1 heterocycles. The highest BCUT2D eigenvalue weighted by molar-refractivity contribution is 7.92. The molecule has 0 radical (unpaired) electrons. The Balaban J connectivity index is 3.26. The van der Waals surface area contributed by atoms with Crippen LogP contribution in [0.2, 0.25) is 0 Å². The van der Waals surface area contributed by atoms with Crippen LogP contribution < -0.4 is 4.72 Å². The van der Waals surface area contributed by atoms with E-state index in [-0.39, 0.29) is 0 Å². The smallest absolute Gasteiger partial charge is 0.266 e. The lowest BCUT2D eigenvalue weighted by atomic mass is 10.2. The molecule has 0 bridgehead atoms. The van der Waals surface area contributed by atoms with E-state index in [0.717, 1.165) is 6.26 Å². The minimum atomic E-state index is -4.64. The lowest BCUT2D eigenvalue weighted by Crippen LogP contribution is -2.14. The van der Waals surface area contributed by atoms with E-state index >= 15 is 0 Å². The molecule has 0 saturated heterocycles. The normalized spacial score (nSPS) is 11.9. The Bertz CT molecular complexity index is 575. The van der Waals surface area contributed by atoms with Gasteiger partial charge in [-0.2, -0.15) is 18.4 Å². The maximum atomic E-state index is 12.3. The topological polar surface area (TPSA) is 82.8 Å². The number of halogens is 3. The number of hydrogen-bond acceptors (Lipinski definition) is 4. The summed E-state index contributed by atoms with van der Waals surface area (Å²) in [4.78, 5) is 3.27. The molecule has 0 aliphatic carbocycles. The highest BCUT2D eigenvalue weighted by atomic mass is 32.2. The van der Waals surface area contributed by atoms with Gasteiger partial charge in [-0.3, -0.25) is 4.72 Å². The standard InChI is InChI=1S/C8H6F3N3O2S/c1-17(15,16)14-7-5(3-12)2-6(4-13-7)8(9,10)11/h2,4H,1H3,(H,13,14). The van der Waals surface area contributed by atoms with E-state index in [1.54, 1.807) is 0 Å². The van der Waals surface area contributed by atoms with E-state index in [1.165, 1.54) is 6.07 Å². The second kappa shape index (κ2) is 4.21. The summed E-state index contributed by atoms with van der Waals surface area (Å²) >= 11 is 0. The number of alkyl halides is 3. The zero-order valence-electron chi connectivity index (χ0n) is 8.41. The molecule has 1 aromatic heterocycles. The zero-order valence-corrected chi connectivity index (χ0v) is 9.22. The van der Waals surface area contributed by atoms with Gasteiger partial charge in [-0.15, -0.1) is 0 Å². The van der Waals surface area contributed by atoms with Crippen LogP contribution in [-0.2, 0) is 16.2 Å². The first kappa shape index (κ1) is 13.2. The molecule has 0 saturated carbocycles. The first-order valence-electron chi connectivity index (χ1n) is 4.08. The number of aromatic nitrogens is 1. The lowest BCUT2D eigenvalue weighted by molar-refractivity contribution is -0.137. The van der Waals surface area contributed by atoms with Crippen molar-refractivity contribution in [2.45, 2.75) is 6.18 Å². The molecule has 5 nitrogen and oxygen atoms in total. The lowest BCUT2D eigenvalue weighted by Gasteiger charge is -2.09. The van der Waals surface area contributed by atoms with E-state index in [0.29, 0.717) is 12.3 Å². The monoisotopic (exact) mass is 265 g/mol. The second-order valence-electron chi connectivity index (χ2n) is 3.10. The number of anilines is 1. The number of rotatable bonds is 2. The fourth-order valence-electron chi connectivity index (χ4n) is 0.962. The molecular weight excluding hydrogens is 259 g/mol. The average Bonchev–Trinajstić information content (AvgIpc) is 2.14. The SMILES string of the molecule is CS(=O)(=O)Nc1ncc(C(F)(F)F)cc1C#N. The second-order valence-corrected chi connectivity index (χ2v) is 4.85. The summed E-state index contributed by atoms with van der Waals surface area (Å²) in [5.74, 6) is -0.428. The molecule has 17 heavy (non-hydrogen) atoms. The summed E-state index contributed by atoms with van der Waals surface area (Å²) in [5, 5.41) is 8.61. The molecule has 1 N–H and O–H groups in total. The molecule has 9 heteroatoms. The van der Waals surface area contributed by atoms with Gasteiger partial charge in [-0.25, -0.2) is 13.4 Å². The third kappa shape index (κ3) is 3.60. The van der Waals surface area contributed by atoms with Gasteiger partial charge in [0, 0.05) is 6.20 Å². The van der Waals surface area contributed by atoms with Gasteiger partial charge in [0.05, 0.1) is 17.4 Å². The average molecular weight is 265 g/mol. The number of nitrogens with one attached hydrogen (secondary N) is 1. The van der Waals surface area contributed by atoms with Crippen LogP contribution in [0.3, 0.4) is 0 Å². The van der Waals surface area contributed by atoms with Gasteiger partial charge >= 0.3 is 6.18 Å². The Morgan fingerprint density at radius 1 is 1.47 bits per heavy atom. The van der Waals surface area contributed by atoms with Crippen LogP contribution >= 0.6 is 0 Å². The van der Waals surface area contributed by atoms with Gasteiger partial charge in [0.15, 0.2) is 5.82 Å². The van der Waals surface area contributed by atoms with Gasteiger partial charge in [-0.05, 0) is 6.07 Å². The van der Waals surface area contributed by atoms with Crippen LogP contribution in [0.5, 0.6) is 0 Å². The van der Waals surface area contributed by atoms with Gasteiger partial charge in [-0.1, -0.05) is 0 Å². The van der Waals surface area contributed by atoms with Crippen LogP contribution in [-0.4, -0.2) is 19.7 Å². The van der Waals surface area contributed by atoms with E-state index < -0.39 is 33.1 Å². The maximum absolute atomic E-state index is 12.3. The van der Waals surface area contributed by atoms with Crippen LogP contribution in [0.25, 0.3) is 0 Å². The number of pyridine rings is 1. The van der Waals surface area contributed by atoms with Crippen molar-refractivity contribution in [3.05, 3.63) is 23.4 Å². The van der Waals surface area contributed by atoms with Crippen molar-refractivity contribution in [3.63, 3.8) is 0 Å². The Hall–Kier alpha value is -1.82. The summed E-state index contributed by atoms with van der Waals surface area (Å²) in [6.45, 7) is 0. The third-order valence-electron chi connectivity index (χ3n) is 1.62. The predicted octanol–water partition coefficient (Wildman–Crippen LogP) is 1.34. The van der Waals surface area contributed by atoms with Crippen molar-refractivity contribution in [2.75, 3.05) is 11.0 Å². The molecule has 0 aliphatic rings. The zero-order chi connectivity index (χ0) is 13.3. The largest absolute Gasteiger partial charge is 0.417 e. The van der Waals surface area contributed by atoms with Crippen molar-refractivity contribution in [2.24, 2.45) is 0 Å². The van der Waals surface area contributed by atoms with E-state index in [1.807, 2.05) is 4.72 Å². The molecule has 92 valence electrons. The van der Waals surface area contributed by atoms with E-state index in [9.17, 15) is 21.6 Å². The van der Waals surface area contributed by atoms with E-state index in [2.05, 4.69) is 4.98 Å². The third-order valence-corrected chi connectivity index (χ3v) is 2.18. The van der Waals surface area contributed by atoms with Crippen LogP contribution in [0, 0.1) is 11.3 Å². The minimum absolute atomic E-state index is 0.428. The van der Waals surface area contributed by atoms with Crippen molar-refractivity contribution < 1.29 is 21.6 Å². The van der Waals surface area contributed by atoms with Gasteiger partial charge in [0.25, 0.3) is 0 Å². The minimum Gasteiger partial charge on any atom is -0.266 e. The molecule has 0 amide bonds. The summed E-state index contributed by atoms with van der Waals surface area (Å²) in [7, 11) is -3.70. The molecule has 0 unspecified atom stereocenters. The first-order chi connectivity index (χ1) is 7.63. The summed E-state index contributed by atoms with van der Waals surface area (Å²) in [5.41, 5.74) is -1.61. The van der Waals surface area contributed by atoms with E-state index in [4.69, 9.17) is 5.26 Å². The number of nitrogens with zero attached hydrogens (tertiary/aromatic N) is 2. The Morgan fingerprint density at radius 3 is 2.47 bits per heavy atom. The quantitative estimate of drug-likeness (QED) is 0.874. The molecule has 1 rings (SSSR count).